The summed E-state index contributed by atoms with van der Waals surface area (Å²) in [4.78, 5) is 16.8. The van der Waals surface area contributed by atoms with E-state index in [1.165, 1.54) is 18.4 Å². The van der Waals surface area contributed by atoms with Crippen LogP contribution < -0.4 is 4.74 Å². The monoisotopic (exact) mass is 346 g/mol. The Hall–Kier alpha value is -1.59. The molecule has 0 radical (unpaired) electrons. The largest absolute Gasteiger partial charge is 0.497 e. The lowest BCUT2D eigenvalue weighted by Crippen LogP contribution is -2.54. The lowest BCUT2D eigenvalue weighted by atomic mass is 9.73. The molecule has 0 aromatic heterocycles. The number of amides is 1. The summed E-state index contributed by atoms with van der Waals surface area (Å²) in [7, 11) is 3.39. The van der Waals surface area contributed by atoms with Crippen molar-refractivity contribution in [1.82, 2.24) is 9.80 Å². The van der Waals surface area contributed by atoms with Gasteiger partial charge in [0.1, 0.15) is 5.75 Å². The maximum absolute atomic E-state index is 12.2. The van der Waals surface area contributed by atoms with Gasteiger partial charge >= 0.3 is 0 Å². The quantitative estimate of drug-likeness (QED) is 0.794. The predicted octanol–water partition coefficient (Wildman–Crippen LogP) is 2.55. The molecule has 0 saturated carbocycles. The first-order chi connectivity index (χ1) is 12.1. The van der Waals surface area contributed by atoms with Crippen molar-refractivity contribution in [2.24, 2.45) is 5.41 Å². The number of carbonyl (C=O) groups is 1. The number of carbonyl (C=O) groups excluding carboxylic acids is 1. The first-order valence-electron chi connectivity index (χ1n) is 9.26. The minimum Gasteiger partial charge on any atom is -0.497 e. The Morgan fingerprint density at radius 3 is 2.64 bits per heavy atom. The summed E-state index contributed by atoms with van der Waals surface area (Å²) in [6, 6.07) is 8.35. The van der Waals surface area contributed by atoms with Gasteiger partial charge in [-0.1, -0.05) is 12.1 Å². The Labute approximate surface area is 150 Å². The summed E-state index contributed by atoms with van der Waals surface area (Å²) in [6.07, 6.45) is 4.14. The van der Waals surface area contributed by atoms with Crippen LogP contribution in [-0.4, -0.2) is 62.7 Å². The van der Waals surface area contributed by atoms with E-state index in [1.54, 1.807) is 14.2 Å². The molecule has 1 amide bonds. The minimum atomic E-state index is 0.256. The van der Waals surface area contributed by atoms with Crippen LogP contribution in [0.4, 0.5) is 0 Å². The summed E-state index contributed by atoms with van der Waals surface area (Å²) >= 11 is 0. The van der Waals surface area contributed by atoms with Crippen LogP contribution in [0.15, 0.2) is 24.3 Å². The molecule has 1 atom stereocenters. The van der Waals surface area contributed by atoms with E-state index < -0.39 is 0 Å². The molecular formula is C20H30N2O3. The van der Waals surface area contributed by atoms with Gasteiger partial charge in [-0.25, -0.2) is 0 Å². The molecule has 3 rings (SSSR count). The molecule has 2 saturated heterocycles. The maximum atomic E-state index is 12.2. The average molecular weight is 346 g/mol. The van der Waals surface area contributed by atoms with Crippen LogP contribution in [0.5, 0.6) is 5.75 Å². The van der Waals surface area contributed by atoms with Crippen molar-refractivity contribution >= 4 is 5.91 Å². The number of piperidine rings is 2. The van der Waals surface area contributed by atoms with Crippen molar-refractivity contribution in [3.05, 3.63) is 29.8 Å². The zero-order valence-corrected chi connectivity index (χ0v) is 15.5. The van der Waals surface area contributed by atoms with Gasteiger partial charge in [0.05, 0.1) is 13.7 Å². The van der Waals surface area contributed by atoms with Crippen molar-refractivity contribution in [3.8, 4) is 5.75 Å². The second-order valence-electron chi connectivity index (χ2n) is 7.47. The van der Waals surface area contributed by atoms with Crippen LogP contribution in [0.3, 0.4) is 0 Å². The summed E-state index contributed by atoms with van der Waals surface area (Å²) in [5.41, 5.74) is 1.58. The number of ether oxygens (including phenoxy) is 2. The van der Waals surface area contributed by atoms with Gasteiger partial charge in [0.2, 0.25) is 5.91 Å². The fourth-order valence-corrected chi connectivity index (χ4v) is 4.27. The molecule has 2 aliphatic heterocycles. The highest BCUT2D eigenvalue weighted by Gasteiger charge is 2.41. The number of methoxy groups -OCH3 is 2. The van der Waals surface area contributed by atoms with E-state index in [9.17, 15) is 4.79 Å². The lowest BCUT2D eigenvalue weighted by molar-refractivity contribution is -0.140. The molecule has 0 aliphatic carbocycles. The van der Waals surface area contributed by atoms with E-state index in [1.807, 2.05) is 17.0 Å². The van der Waals surface area contributed by atoms with E-state index in [0.29, 0.717) is 13.0 Å². The molecule has 0 N–H and O–H groups in total. The number of nitrogens with zero attached hydrogens (tertiary/aromatic N) is 2. The van der Waals surface area contributed by atoms with Crippen LogP contribution in [0.25, 0.3) is 0 Å². The molecule has 0 bridgehead atoms. The molecule has 5 nitrogen and oxygen atoms in total. The second-order valence-corrected chi connectivity index (χ2v) is 7.47. The Kier molecular flexibility index (Phi) is 5.97. The highest BCUT2D eigenvalue weighted by Crippen LogP contribution is 2.39. The van der Waals surface area contributed by atoms with Crippen molar-refractivity contribution in [2.45, 2.75) is 32.2 Å². The first kappa shape index (κ1) is 18.2. The molecule has 0 unspecified atom stereocenters. The zero-order valence-electron chi connectivity index (χ0n) is 15.5. The van der Waals surface area contributed by atoms with Gasteiger partial charge in [-0.15, -0.1) is 0 Å². The molecule has 1 spiro atoms. The molecule has 1 aromatic rings. The van der Waals surface area contributed by atoms with E-state index in [0.717, 1.165) is 44.9 Å². The normalized spacial score (nSPS) is 24.7. The van der Waals surface area contributed by atoms with Gasteiger partial charge in [-0.05, 0) is 43.5 Å². The van der Waals surface area contributed by atoms with Gasteiger partial charge in [0.25, 0.3) is 0 Å². The number of likely N-dealkylation sites (tertiary alicyclic amines) is 2. The highest BCUT2D eigenvalue weighted by molar-refractivity contribution is 5.77. The van der Waals surface area contributed by atoms with E-state index in [4.69, 9.17) is 9.47 Å². The molecule has 138 valence electrons. The zero-order chi connectivity index (χ0) is 17.7. The van der Waals surface area contributed by atoms with Gasteiger partial charge in [-0.3, -0.25) is 9.69 Å². The topological polar surface area (TPSA) is 42.0 Å². The fourth-order valence-electron chi connectivity index (χ4n) is 4.27. The highest BCUT2D eigenvalue weighted by atomic mass is 16.5. The molecule has 1 aromatic carbocycles. The molecule has 5 heteroatoms. The van der Waals surface area contributed by atoms with E-state index in [2.05, 4.69) is 17.0 Å². The van der Waals surface area contributed by atoms with E-state index >= 15 is 0 Å². The fraction of sp³-hybridized carbons (Fsp3) is 0.650. The summed E-state index contributed by atoms with van der Waals surface area (Å²) in [6.45, 7) is 5.41. The SMILES string of the molecule is COCCN1C[C@]2(CCCN(Cc3ccc(OC)cc3)C2)CCC1=O. The summed E-state index contributed by atoms with van der Waals surface area (Å²) < 4.78 is 10.4. The van der Waals surface area contributed by atoms with Gasteiger partial charge in [0.15, 0.2) is 0 Å². The van der Waals surface area contributed by atoms with Crippen molar-refractivity contribution in [2.75, 3.05) is 47.0 Å². The van der Waals surface area contributed by atoms with Crippen molar-refractivity contribution in [3.63, 3.8) is 0 Å². The van der Waals surface area contributed by atoms with E-state index in [-0.39, 0.29) is 11.3 Å². The van der Waals surface area contributed by atoms with Gasteiger partial charge in [0, 0.05) is 45.1 Å². The van der Waals surface area contributed by atoms with Crippen molar-refractivity contribution < 1.29 is 14.3 Å². The van der Waals surface area contributed by atoms with Crippen LogP contribution in [0, 0.1) is 5.41 Å². The van der Waals surface area contributed by atoms with Gasteiger partial charge < -0.3 is 14.4 Å². The standard InChI is InChI=1S/C20H30N2O3/c1-24-13-12-22-16-20(10-8-19(22)23)9-3-11-21(15-20)14-17-4-6-18(25-2)7-5-17/h4-7H,3,8-16H2,1-2H3/t20-/m1/s1. The summed E-state index contributed by atoms with van der Waals surface area (Å²) in [5.74, 6) is 1.19. The lowest BCUT2D eigenvalue weighted by Gasteiger charge is -2.48. The average Bonchev–Trinajstić information content (AvgIpc) is 2.64. The van der Waals surface area contributed by atoms with Crippen LogP contribution in [0.1, 0.15) is 31.2 Å². The van der Waals surface area contributed by atoms with Crippen LogP contribution in [0.2, 0.25) is 0 Å². The predicted molar refractivity (Wildman–Crippen MR) is 97.6 cm³/mol. The smallest absolute Gasteiger partial charge is 0.222 e. The summed E-state index contributed by atoms with van der Waals surface area (Å²) in [5, 5.41) is 0. The Morgan fingerprint density at radius 1 is 1.12 bits per heavy atom. The van der Waals surface area contributed by atoms with Crippen LogP contribution in [-0.2, 0) is 16.1 Å². The third-order valence-electron chi connectivity index (χ3n) is 5.62. The molecule has 2 heterocycles. The number of rotatable bonds is 6. The molecule has 2 aliphatic rings. The molecule has 2 fully saturated rings. The third kappa shape index (κ3) is 4.53. The Balaban J connectivity index is 1.62. The first-order valence-corrected chi connectivity index (χ1v) is 9.26. The second kappa shape index (κ2) is 8.19. The Bertz CT molecular complexity index is 575. The maximum Gasteiger partial charge on any atom is 0.222 e. The number of hydrogen-bond donors (Lipinski definition) is 0. The van der Waals surface area contributed by atoms with Gasteiger partial charge in [-0.2, -0.15) is 0 Å². The Morgan fingerprint density at radius 2 is 1.92 bits per heavy atom. The number of hydrogen-bond acceptors (Lipinski definition) is 4. The number of benzene rings is 1. The molecular weight excluding hydrogens is 316 g/mol. The third-order valence-corrected chi connectivity index (χ3v) is 5.62. The van der Waals surface area contributed by atoms with Crippen molar-refractivity contribution in [1.29, 1.82) is 0 Å². The molecule has 25 heavy (non-hydrogen) atoms. The van der Waals surface area contributed by atoms with Crippen LogP contribution >= 0.6 is 0 Å². The minimum absolute atomic E-state index is 0.256.